The van der Waals surface area contributed by atoms with Crippen molar-refractivity contribution in [3.8, 4) is 0 Å². The zero-order valence-corrected chi connectivity index (χ0v) is 54.1. The number of rotatable bonds is 58. The molecular formula is C70H128NaO3S. The molecule has 0 amide bonds. The van der Waals surface area contributed by atoms with Gasteiger partial charge in [0.05, 0.1) is 0 Å². The van der Waals surface area contributed by atoms with Crippen LogP contribution in [0.25, 0.3) is 10.8 Å². The normalized spacial score (nSPS) is 11.8. The van der Waals surface area contributed by atoms with Gasteiger partial charge in [-0.05, 0) is 60.6 Å². The molecule has 0 aliphatic carbocycles. The Bertz CT molecular complexity index is 1620. The summed E-state index contributed by atoms with van der Waals surface area (Å²) in [7, 11) is -4.39. The molecule has 1 N–H and O–H groups in total. The summed E-state index contributed by atoms with van der Waals surface area (Å²) in [4.78, 5) is 0.221. The van der Waals surface area contributed by atoms with E-state index in [1.807, 2.05) is 12.1 Å². The van der Waals surface area contributed by atoms with Crippen LogP contribution in [0.4, 0.5) is 0 Å². The largest absolute Gasteiger partial charge is 0.295 e. The molecule has 0 spiro atoms. The van der Waals surface area contributed by atoms with Crippen molar-refractivity contribution in [2.24, 2.45) is 0 Å². The van der Waals surface area contributed by atoms with E-state index < -0.39 is 10.1 Å². The van der Waals surface area contributed by atoms with E-state index in [4.69, 9.17) is 0 Å². The molecule has 0 fully saturated rings. The van der Waals surface area contributed by atoms with Gasteiger partial charge in [-0.3, -0.25) is 4.55 Å². The standard InChI is InChI=1S/C70H128O3S.Na/c1-4-7-10-13-16-19-22-25-28-31-34-37-40-43-46-49-52-55-60-65-66(61-56-53-50-47-44-41-38-35-32-29-26-23-20-17-14-11-8-5-2)68(70(74(71,72)73)69-64-59-58-62-67(65)69)63-57-54-51-48-45-42-39-36-33-30-27-24-21-18-15-12-9-6-3;/h58-59,62,64H,4-57,60-61,63H2,1-3H3,(H,71,72,73);. The monoisotopic (exact) mass is 1070 g/mol. The van der Waals surface area contributed by atoms with E-state index in [0.717, 1.165) is 61.3 Å². The van der Waals surface area contributed by atoms with Crippen LogP contribution in [0.3, 0.4) is 0 Å². The third kappa shape index (κ3) is 40.4. The van der Waals surface area contributed by atoms with Crippen LogP contribution in [0.5, 0.6) is 0 Å². The summed E-state index contributed by atoms with van der Waals surface area (Å²) in [5.41, 5.74) is 3.60. The van der Waals surface area contributed by atoms with Gasteiger partial charge >= 0.3 is 0 Å². The molecular weight excluding hydrogens is 944 g/mol. The first-order valence-corrected chi connectivity index (χ1v) is 35.4. The van der Waals surface area contributed by atoms with E-state index in [0.29, 0.717) is 0 Å². The van der Waals surface area contributed by atoms with Gasteiger partial charge in [-0.1, -0.05) is 372 Å². The smallest absolute Gasteiger partial charge is 0.282 e. The van der Waals surface area contributed by atoms with Crippen molar-refractivity contribution in [2.75, 3.05) is 0 Å². The summed E-state index contributed by atoms with van der Waals surface area (Å²) >= 11 is 0. The Morgan fingerprint density at radius 1 is 0.267 bits per heavy atom. The van der Waals surface area contributed by atoms with Gasteiger partial charge in [0.15, 0.2) is 0 Å². The number of aryl methyl sites for hydroxylation is 1. The van der Waals surface area contributed by atoms with Crippen molar-refractivity contribution in [2.45, 2.75) is 392 Å². The minimum absolute atomic E-state index is 0. The molecule has 1 radical (unpaired) electrons. The van der Waals surface area contributed by atoms with E-state index in [9.17, 15) is 13.0 Å². The Hall–Kier alpha value is -0.390. The fourth-order valence-corrected chi connectivity index (χ4v) is 13.3. The summed E-state index contributed by atoms with van der Waals surface area (Å²) in [6.07, 6.45) is 76.2. The Balaban J connectivity index is 0.0000281. The van der Waals surface area contributed by atoms with Gasteiger partial charge in [-0.25, -0.2) is 0 Å². The molecule has 0 bridgehead atoms. The van der Waals surface area contributed by atoms with E-state index in [1.165, 1.54) is 332 Å². The second-order valence-electron chi connectivity index (χ2n) is 24.1. The Morgan fingerprint density at radius 2 is 0.453 bits per heavy atom. The number of hydrogen-bond acceptors (Lipinski definition) is 2. The van der Waals surface area contributed by atoms with Gasteiger partial charge in [-0.15, -0.1) is 0 Å². The number of unbranched alkanes of at least 4 members (excludes halogenated alkanes) is 51. The maximum Gasteiger partial charge on any atom is 0.295 e. The SMILES string of the molecule is CCCCCCCCCCCCCCCCCCCCc1c(CCCCCCCCCCCCCCCCCCCC)c(S(=O)(=O)O)c2ccccc2c1CCCCCCCCCCCCCCCCCCCC.[Na]. The summed E-state index contributed by atoms with van der Waals surface area (Å²) in [5.74, 6) is 0. The molecule has 2 aromatic carbocycles. The first-order chi connectivity index (χ1) is 36.5. The number of hydrogen-bond donors (Lipinski definition) is 1. The minimum Gasteiger partial charge on any atom is -0.282 e. The van der Waals surface area contributed by atoms with Crippen molar-refractivity contribution < 1.29 is 13.0 Å². The Labute approximate surface area is 492 Å². The molecule has 75 heavy (non-hydrogen) atoms. The predicted octanol–water partition coefficient (Wildman–Crippen LogP) is 24.5. The molecule has 0 unspecified atom stereocenters. The molecule has 0 saturated carbocycles. The van der Waals surface area contributed by atoms with Crippen LogP contribution >= 0.6 is 0 Å². The van der Waals surface area contributed by atoms with Crippen LogP contribution in [0.15, 0.2) is 29.2 Å². The third-order valence-corrected chi connectivity index (χ3v) is 18.1. The van der Waals surface area contributed by atoms with E-state index >= 15 is 0 Å². The maximum absolute atomic E-state index is 13.5. The first kappa shape index (κ1) is 72.6. The molecule has 0 atom stereocenters. The van der Waals surface area contributed by atoms with Crippen LogP contribution in [-0.2, 0) is 29.4 Å². The fraction of sp³-hybridized carbons (Fsp3) is 0.857. The van der Waals surface area contributed by atoms with Crippen LogP contribution in [0, 0.1) is 0 Å². The maximum atomic E-state index is 13.5. The number of benzene rings is 2. The Morgan fingerprint density at radius 3 is 0.680 bits per heavy atom. The Kier molecular flexibility index (Phi) is 52.5. The second-order valence-corrected chi connectivity index (χ2v) is 25.4. The summed E-state index contributed by atoms with van der Waals surface area (Å²) < 4.78 is 37.9. The molecule has 2 rings (SSSR count). The molecule has 433 valence electrons. The molecule has 0 saturated heterocycles. The third-order valence-electron chi connectivity index (χ3n) is 17.1. The van der Waals surface area contributed by atoms with Crippen molar-refractivity contribution in [3.05, 3.63) is 41.0 Å². The first-order valence-electron chi connectivity index (χ1n) is 34.0. The average molecular weight is 1070 g/mol. The molecule has 2 aromatic rings. The summed E-state index contributed by atoms with van der Waals surface area (Å²) in [6.45, 7) is 6.90. The van der Waals surface area contributed by atoms with Crippen LogP contribution in [-0.4, -0.2) is 42.5 Å². The zero-order valence-electron chi connectivity index (χ0n) is 51.3. The summed E-state index contributed by atoms with van der Waals surface area (Å²) in [6, 6.07) is 8.16. The average Bonchev–Trinajstić information content (AvgIpc) is 3.39. The van der Waals surface area contributed by atoms with Gasteiger partial charge in [0.2, 0.25) is 0 Å². The van der Waals surface area contributed by atoms with Crippen LogP contribution in [0.2, 0.25) is 0 Å². The topological polar surface area (TPSA) is 54.4 Å². The minimum atomic E-state index is -4.39. The van der Waals surface area contributed by atoms with Gasteiger partial charge in [0.1, 0.15) is 4.90 Å². The molecule has 0 aromatic heterocycles. The zero-order chi connectivity index (χ0) is 53.1. The van der Waals surface area contributed by atoms with Gasteiger partial charge < -0.3 is 0 Å². The van der Waals surface area contributed by atoms with Crippen molar-refractivity contribution >= 4 is 50.4 Å². The number of fused-ring (bicyclic) bond motifs is 1. The molecule has 5 heteroatoms. The second kappa shape index (κ2) is 54.2. The molecule has 0 aliphatic rings. The quantitative estimate of drug-likeness (QED) is 0.0408. The van der Waals surface area contributed by atoms with E-state index in [-0.39, 0.29) is 34.5 Å². The fourth-order valence-electron chi connectivity index (χ4n) is 12.3. The van der Waals surface area contributed by atoms with Crippen LogP contribution < -0.4 is 0 Å². The molecule has 0 heterocycles. The van der Waals surface area contributed by atoms with Gasteiger partial charge in [-0.2, -0.15) is 8.42 Å². The summed E-state index contributed by atoms with van der Waals surface area (Å²) in [5, 5.41) is 1.80. The van der Waals surface area contributed by atoms with Crippen molar-refractivity contribution in [1.82, 2.24) is 0 Å². The molecule has 3 nitrogen and oxygen atoms in total. The van der Waals surface area contributed by atoms with Crippen LogP contribution in [0.1, 0.15) is 384 Å². The van der Waals surface area contributed by atoms with Gasteiger partial charge in [0, 0.05) is 34.9 Å². The predicted molar refractivity (Wildman–Crippen MR) is 337 cm³/mol. The van der Waals surface area contributed by atoms with E-state index in [2.05, 4.69) is 32.9 Å². The van der Waals surface area contributed by atoms with Gasteiger partial charge in [0.25, 0.3) is 10.1 Å². The van der Waals surface area contributed by atoms with Crippen molar-refractivity contribution in [1.29, 1.82) is 0 Å². The molecule has 0 aliphatic heterocycles. The van der Waals surface area contributed by atoms with E-state index in [1.54, 1.807) is 0 Å². The van der Waals surface area contributed by atoms with Crippen molar-refractivity contribution in [3.63, 3.8) is 0 Å².